The molecule has 1 fully saturated rings. The molecule has 0 aliphatic carbocycles. The van der Waals surface area contributed by atoms with E-state index < -0.39 is 30.2 Å². The van der Waals surface area contributed by atoms with Crippen LogP contribution in [0.4, 0.5) is 5.69 Å². The predicted molar refractivity (Wildman–Crippen MR) is 103 cm³/mol. The first kappa shape index (κ1) is 20.3. The molecular weight excluding hydrogens is 372 g/mol. The lowest BCUT2D eigenvalue weighted by Crippen LogP contribution is -2.46. The van der Waals surface area contributed by atoms with E-state index in [2.05, 4.69) is 0 Å². The molecule has 0 aromatic heterocycles. The molecule has 2 aromatic rings. The van der Waals surface area contributed by atoms with Crippen molar-refractivity contribution in [3.05, 3.63) is 66.2 Å². The van der Waals surface area contributed by atoms with Crippen molar-refractivity contribution in [1.82, 2.24) is 4.90 Å². The molecule has 0 radical (unpaired) electrons. The molecule has 150 valence electrons. The predicted octanol–water partition coefficient (Wildman–Crippen LogP) is 0.920. The Morgan fingerprint density at radius 3 is 2.21 bits per heavy atom. The van der Waals surface area contributed by atoms with Crippen molar-refractivity contribution < 1.29 is 24.3 Å². The summed E-state index contributed by atoms with van der Waals surface area (Å²) in [6, 6.07) is 17.0. The molecule has 1 saturated heterocycles. The third-order valence-corrected chi connectivity index (χ3v) is 4.86. The largest absolute Gasteiger partial charge is 0.550 e. The first-order chi connectivity index (χ1) is 14.0. The number of amides is 3. The van der Waals surface area contributed by atoms with E-state index in [1.54, 1.807) is 30.3 Å². The first-order valence-corrected chi connectivity index (χ1v) is 9.42. The van der Waals surface area contributed by atoms with Gasteiger partial charge in [-0.1, -0.05) is 48.5 Å². The molecular formula is C22H21N2O5-. The topological polar surface area (TPSA) is 97.8 Å². The monoisotopic (exact) mass is 393 g/mol. The van der Waals surface area contributed by atoms with Gasteiger partial charge in [0.2, 0.25) is 11.8 Å². The number of carboxylic acids is 1. The summed E-state index contributed by atoms with van der Waals surface area (Å²) in [4.78, 5) is 51.4. The lowest BCUT2D eigenvalue weighted by molar-refractivity contribution is -0.305. The van der Waals surface area contributed by atoms with Crippen LogP contribution >= 0.6 is 0 Å². The fraction of sp³-hybridized carbons (Fsp3) is 0.273. The molecule has 0 spiro atoms. The molecule has 0 unspecified atom stereocenters. The number of aliphatic carboxylic acids is 1. The third-order valence-electron chi connectivity index (χ3n) is 4.86. The smallest absolute Gasteiger partial charge is 0.257 e. The first-order valence-electron chi connectivity index (χ1n) is 9.42. The summed E-state index contributed by atoms with van der Waals surface area (Å²) in [5, 5.41) is 10.8. The van der Waals surface area contributed by atoms with Gasteiger partial charge in [0.05, 0.1) is 12.1 Å². The average Bonchev–Trinajstić information content (AvgIpc) is 3.02. The van der Waals surface area contributed by atoms with Gasteiger partial charge < -0.3 is 14.8 Å². The summed E-state index contributed by atoms with van der Waals surface area (Å²) in [5.41, 5.74) is 1.43. The van der Waals surface area contributed by atoms with Gasteiger partial charge in [-0.2, -0.15) is 0 Å². The number of carboxylic acid groups (broad SMARTS) is 1. The lowest BCUT2D eigenvalue weighted by Gasteiger charge is -2.28. The van der Waals surface area contributed by atoms with Crippen LogP contribution in [0.15, 0.2) is 60.7 Å². The Bertz CT molecular complexity index is 898. The van der Waals surface area contributed by atoms with E-state index in [1.807, 2.05) is 30.3 Å². The number of carbonyl (C=O) groups excluding carboxylic acids is 4. The van der Waals surface area contributed by atoms with E-state index >= 15 is 0 Å². The van der Waals surface area contributed by atoms with Gasteiger partial charge in [0.25, 0.3) is 5.91 Å². The van der Waals surface area contributed by atoms with Gasteiger partial charge in [-0.15, -0.1) is 0 Å². The zero-order valence-corrected chi connectivity index (χ0v) is 15.8. The van der Waals surface area contributed by atoms with Gasteiger partial charge in [0, 0.05) is 18.9 Å². The van der Waals surface area contributed by atoms with E-state index in [0.717, 1.165) is 10.5 Å². The van der Waals surface area contributed by atoms with E-state index in [9.17, 15) is 24.3 Å². The second-order valence-corrected chi connectivity index (χ2v) is 6.82. The minimum Gasteiger partial charge on any atom is -0.550 e. The van der Waals surface area contributed by atoms with Gasteiger partial charge in [0.1, 0.15) is 6.04 Å². The minimum atomic E-state index is -1.33. The molecule has 1 heterocycles. The van der Waals surface area contributed by atoms with Crippen molar-refractivity contribution in [1.29, 1.82) is 0 Å². The number of carbonyl (C=O) groups is 4. The highest BCUT2D eigenvalue weighted by Crippen LogP contribution is 2.26. The number of nitrogens with zero attached hydrogens (tertiary/aromatic N) is 2. The molecule has 7 nitrogen and oxygen atoms in total. The number of anilines is 1. The van der Waals surface area contributed by atoms with Gasteiger partial charge in [-0.25, -0.2) is 4.90 Å². The van der Waals surface area contributed by atoms with Crippen molar-refractivity contribution in [3.8, 4) is 0 Å². The van der Waals surface area contributed by atoms with Crippen LogP contribution < -0.4 is 10.0 Å². The van der Waals surface area contributed by atoms with Gasteiger partial charge in [-0.3, -0.25) is 14.4 Å². The zero-order valence-electron chi connectivity index (χ0n) is 15.8. The zero-order chi connectivity index (χ0) is 20.8. The van der Waals surface area contributed by atoms with Gasteiger partial charge in [0.15, 0.2) is 0 Å². The Morgan fingerprint density at radius 2 is 1.59 bits per heavy atom. The van der Waals surface area contributed by atoms with Gasteiger partial charge >= 0.3 is 0 Å². The molecule has 1 aliphatic heterocycles. The molecule has 0 saturated carbocycles. The average molecular weight is 393 g/mol. The fourth-order valence-electron chi connectivity index (χ4n) is 3.41. The van der Waals surface area contributed by atoms with E-state index in [1.165, 1.54) is 4.90 Å². The molecule has 2 aromatic carbocycles. The summed E-state index contributed by atoms with van der Waals surface area (Å²) >= 11 is 0. The SMILES string of the molecule is O=C([O-])CCC(=O)N(CCc1ccccc1)[C@@H]1CC(=O)N(c2ccccc2)C1=O. The Morgan fingerprint density at radius 1 is 0.966 bits per heavy atom. The number of imide groups is 1. The number of rotatable bonds is 8. The highest BCUT2D eigenvalue weighted by Gasteiger charge is 2.44. The number of hydrogen-bond donors (Lipinski definition) is 0. The summed E-state index contributed by atoms with van der Waals surface area (Å²) in [5.74, 6) is -2.67. The number of hydrogen-bond acceptors (Lipinski definition) is 5. The molecule has 1 atom stereocenters. The number of benzene rings is 2. The summed E-state index contributed by atoms with van der Waals surface area (Å²) in [6.45, 7) is 0.211. The van der Waals surface area contributed by atoms with Crippen LogP contribution in [-0.4, -0.2) is 41.2 Å². The highest BCUT2D eigenvalue weighted by molar-refractivity contribution is 6.23. The van der Waals surface area contributed by atoms with Crippen molar-refractivity contribution in [2.24, 2.45) is 0 Å². The Labute approximate surface area is 168 Å². The third kappa shape index (κ3) is 4.87. The second kappa shape index (κ2) is 9.14. The Balaban J connectivity index is 1.80. The van der Waals surface area contributed by atoms with Crippen LogP contribution in [-0.2, 0) is 25.6 Å². The lowest BCUT2D eigenvalue weighted by atomic mass is 10.1. The molecule has 3 rings (SSSR count). The highest BCUT2D eigenvalue weighted by atomic mass is 16.4. The van der Waals surface area contributed by atoms with Crippen LogP contribution in [0.3, 0.4) is 0 Å². The standard InChI is InChI=1S/C22H22N2O5/c25-19(11-12-21(27)28)23(14-13-16-7-3-1-4-8-16)18-15-20(26)24(22(18)29)17-9-5-2-6-10-17/h1-10,18H,11-15H2,(H,27,28)/p-1/t18-/m1/s1. The maximum absolute atomic E-state index is 13.0. The molecule has 7 heteroatoms. The van der Waals surface area contributed by atoms with Crippen LogP contribution in [0.5, 0.6) is 0 Å². The molecule has 0 N–H and O–H groups in total. The van der Waals surface area contributed by atoms with E-state index in [4.69, 9.17) is 0 Å². The van der Waals surface area contributed by atoms with Gasteiger partial charge in [-0.05, 0) is 30.5 Å². The van der Waals surface area contributed by atoms with Crippen molar-refractivity contribution in [2.45, 2.75) is 31.7 Å². The van der Waals surface area contributed by atoms with Crippen LogP contribution in [0.25, 0.3) is 0 Å². The summed E-state index contributed by atoms with van der Waals surface area (Å²) in [7, 11) is 0. The summed E-state index contributed by atoms with van der Waals surface area (Å²) < 4.78 is 0. The molecule has 1 aliphatic rings. The summed E-state index contributed by atoms with van der Waals surface area (Å²) in [6.07, 6.45) is -0.348. The van der Waals surface area contributed by atoms with E-state index in [-0.39, 0.29) is 25.3 Å². The molecule has 0 bridgehead atoms. The van der Waals surface area contributed by atoms with Crippen molar-refractivity contribution in [2.75, 3.05) is 11.4 Å². The number of para-hydroxylation sites is 1. The fourth-order valence-corrected chi connectivity index (χ4v) is 3.41. The quantitative estimate of drug-likeness (QED) is 0.621. The second-order valence-electron chi connectivity index (χ2n) is 6.82. The Kier molecular flexibility index (Phi) is 6.39. The van der Waals surface area contributed by atoms with Crippen LogP contribution in [0.1, 0.15) is 24.8 Å². The van der Waals surface area contributed by atoms with Crippen molar-refractivity contribution in [3.63, 3.8) is 0 Å². The Hall–Kier alpha value is -3.48. The molecule has 29 heavy (non-hydrogen) atoms. The van der Waals surface area contributed by atoms with Crippen LogP contribution in [0.2, 0.25) is 0 Å². The molecule has 3 amide bonds. The maximum Gasteiger partial charge on any atom is 0.257 e. The van der Waals surface area contributed by atoms with E-state index in [0.29, 0.717) is 12.1 Å². The van der Waals surface area contributed by atoms with Crippen LogP contribution in [0, 0.1) is 0 Å². The normalized spacial score (nSPS) is 16.1. The minimum absolute atomic E-state index is 0.125. The van der Waals surface area contributed by atoms with Crippen molar-refractivity contribution >= 4 is 29.4 Å². The maximum atomic E-state index is 13.0.